The van der Waals surface area contributed by atoms with Crippen LogP contribution in [0.25, 0.3) is 0 Å². The van der Waals surface area contributed by atoms with Gasteiger partial charge < -0.3 is 15.4 Å². The van der Waals surface area contributed by atoms with Crippen molar-refractivity contribution in [2.45, 2.75) is 32.1 Å². The van der Waals surface area contributed by atoms with Gasteiger partial charge in [-0.25, -0.2) is 4.79 Å². The first-order chi connectivity index (χ1) is 13.2. The van der Waals surface area contributed by atoms with Crippen LogP contribution in [-0.2, 0) is 0 Å². The van der Waals surface area contributed by atoms with Crippen LogP contribution in [0.4, 0.5) is 16.2 Å². The number of unbranched alkanes of at least 4 members (excludes halogenated alkanes) is 2. The van der Waals surface area contributed by atoms with Gasteiger partial charge in [0.15, 0.2) is 0 Å². The van der Waals surface area contributed by atoms with E-state index in [9.17, 15) is 4.79 Å². The highest BCUT2D eigenvalue weighted by Crippen LogP contribution is 2.20. The summed E-state index contributed by atoms with van der Waals surface area (Å²) < 4.78 is 5.73. The molecule has 0 atom stereocenters. The van der Waals surface area contributed by atoms with Gasteiger partial charge in [0, 0.05) is 37.1 Å². The van der Waals surface area contributed by atoms with Crippen LogP contribution in [0.3, 0.4) is 0 Å². The zero-order valence-electron chi connectivity index (χ0n) is 15.8. The van der Waals surface area contributed by atoms with Crippen molar-refractivity contribution in [2.24, 2.45) is 0 Å². The molecule has 144 valence electrons. The molecule has 0 aromatic heterocycles. The molecule has 0 unspecified atom stereocenters. The highest BCUT2D eigenvalue weighted by molar-refractivity contribution is 5.92. The van der Waals surface area contributed by atoms with Crippen LogP contribution in [0, 0.1) is 0 Å². The first-order valence-electron chi connectivity index (χ1n) is 9.84. The maximum absolute atomic E-state index is 12.9. The Morgan fingerprint density at radius 1 is 0.926 bits per heavy atom. The largest absolute Gasteiger partial charge is 0.494 e. The normalized spacial score (nSPS) is 14.9. The Balaban J connectivity index is 1.41. The minimum absolute atomic E-state index is 0.134. The smallest absolute Gasteiger partial charge is 0.324 e. The van der Waals surface area contributed by atoms with Gasteiger partial charge in [-0.1, -0.05) is 24.3 Å². The molecule has 1 aliphatic heterocycles. The van der Waals surface area contributed by atoms with E-state index in [0.717, 1.165) is 68.9 Å². The van der Waals surface area contributed by atoms with E-state index >= 15 is 0 Å². The summed E-state index contributed by atoms with van der Waals surface area (Å²) in [5.74, 6) is 0.816. The number of benzene rings is 2. The van der Waals surface area contributed by atoms with Gasteiger partial charge in [-0.05, 0) is 56.4 Å². The first kappa shape index (κ1) is 19.1. The van der Waals surface area contributed by atoms with E-state index in [4.69, 9.17) is 10.5 Å². The summed E-state index contributed by atoms with van der Waals surface area (Å²) in [5.41, 5.74) is 7.46. The molecule has 0 aliphatic carbocycles. The first-order valence-corrected chi connectivity index (χ1v) is 9.84. The molecule has 2 N–H and O–H groups in total. The van der Waals surface area contributed by atoms with Gasteiger partial charge in [-0.15, -0.1) is 0 Å². The number of carbonyl (C=O) groups excluding carboxylic acids is 1. The van der Waals surface area contributed by atoms with Crippen molar-refractivity contribution in [1.29, 1.82) is 0 Å². The van der Waals surface area contributed by atoms with Gasteiger partial charge in [0.05, 0.1) is 6.61 Å². The van der Waals surface area contributed by atoms with E-state index in [1.807, 2.05) is 64.4 Å². The van der Waals surface area contributed by atoms with Crippen molar-refractivity contribution >= 4 is 17.4 Å². The maximum Gasteiger partial charge on any atom is 0.324 e. The average Bonchev–Trinajstić information content (AvgIpc) is 2.87. The monoisotopic (exact) mass is 367 g/mol. The molecule has 0 saturated carbocycles. The molecule has 0 radical (unpaired) electrons. The fourth-order valence-electron chi connectivity index (χ4n) is 3.37. The van der Waals surface area contributed by atoms with Gasteiger partial charge in [0.25, 0.3) is 0 Å². The lowest BCUT2D eigenvalue weighted by Crippen LogP contribution is -2.42. The third kappa shape index (κ3) is 5.64. The van der Waals surface area contributed by atoms with Crippen LogP contribution in [0.2, 0.25) is 0 Å². The Labute approximate surface area is 161 Å². The Morgan fingerprint density at radius 3 is 2.56 bits per heavy atom. The quantitative estimate of drug-likeness (QED) is 0.550. The summed E-state index contributed by atoms with van der Waals surface area (Å²) in [6.07, 6.45) is 5.12. The summed E-state index contributed by atoms with van der Waals surface area (Å²) in [6, 6.07) is 17.6. The number of amides is 2. The number of ether oxygens (including phenoxy) is 1. The molecule has 5 nitrogen and oxygen atoms in total. The molecule has 2 aromatic rings. The van der Waals surface area contributed by atoms with Crippen LogP contribution in [0.15, 0.2) is 54.6 Å². The fraction of sp³-hybridized carbons (Fsp3) is 0.409. The summed E-state index contributed by atoms with van der Waals surface area (Å²) in [6.45, 7) is 3.13. The number of nitrogens with zero attached hydrogens (tertiary/aromatic N) is 2. The number of nitrogen functional groups attached to an aromatic ring is 1. The van der Waals surface area contributed by atoms with Crippen molar-refractivity contribution < 1.29 is 9.53 Å². The van der Waals surface area contributed by atoms with E-state index in [1.54, 1.807) is 0 Å². The van der Waals surface area contributed by atoms with Gasteiger partial charge in [0.2, 0.25) is 0 Å². The second-order valence-corrected chi connectivity index (χ2v) is 6.95. The van der Waals surface area contributed by atoms with Gasteiger partial charge in [0.1, 0.15) is 5.75 Å². The lowest BCUT2D eigenvalue weighted by Gasteiger charge is -2.27. The van der Waals surface area contributed by atoms with Crippen molar-refractivity contribution in [3.63, 3.8) is 0 Å². The molecule has 1 saturated heterocycles. The lowest BCUT2D eigenvalue weighted by atomic mass is 10.2. The summed E-state index contributed by atoms with van der Waals surface area (Å²) in [5, 5.41) is 0. The standard InChI is InChI=1S/C22H29N3O2/c23-19-10-9-13-21(18-19)27-17-8-2-5-14-24-15-6-7-16-25(22(24)26)20-11-3-1-4-12-20/h1,3-4,9-13,18H,2,5-8,14-17,23H2. The van der Waals surface area contributed by atoms with E-state index in [1.165, 1.54) is 0 Å². The average molecular weight is 367 g/mol. The highest BCUT2D eigenvalue weighted by atomic mass is 16.5. The molecule has 1 heterocycles. The Bertz CT molecular complexity index is 721. The van der Waals surface area contributed by atoms with Crippen molar-refractivity contribution in [3.8, 4) is 5.75 Å². The number of para-hydroxylation sites is 1. The second-order valence-electron chi connectivity index (χ2n) is 6.95. The number of rotatable bonds is 8. The molecule has 1 aliphatic rings. The number of carbonyl (C=O) groups is 1. The van der Waals surface area contributed by atoms with Crippen LogP contribution in [-0.4, -0.2) is 37.2 Å². The number of hydrogen-bond donors (Lipinski definition) is 1. The number of nitrogens with two attached hydrogens (primary N) is 1. The van der Waals surface area contributed by atoms with Gasteiger partial charge >= 0.3 is 6.03 Å². The van der Waals surface area contributed by atoms with E-state index in [0.29, 0.717) is 6.61 Å². The number of hydrogen-bond acceptors (Lipinski definition) is 3. The second kappa shape index (κ2) is 9.86. The van der Waals surface area contributed by atoms with Crippen LogP contribution < -0.4 is 15.4 Å². The fourth-order valence-corrected chi connectivity index (χ4v) is 3.37. The van der Waals surface area contributed by atoms with E-state index in [-0.39, 0.29) is 6.03 Å². The van der Waals surface area contributed by atoms with Gasteiger partial charge in [-0.3, -0.25) is 4.90 Å². The molecular weight excluding hydrogens is 338 g/mol. The summed E-state index contributed by atoms with van der Waals surface area (Å²) in [7, 11) is 0. The Kier molecular flexibility index (Phi) is 6.97. The van der Waals surface area contributed by atoms with Crippen LogP contribution in [0.5, 0.6) is 5.75 Å². The van der Waals surface area contributed by atoms with Crippen molar-refractivity contribution in [1.82, 2.24) is 4.90 Å². The van der Waals surface area contributed by atoms with Crippen LogP contribution in [0.1, 0.15) is 32.1 Å². The molecule has 1 fully saturated rings. The third-order valence-corrected chi connectivity index (χ3v) is 4.83. The molecule has 2 amide bonds. The molecule has 3 rings (SSSR count). The van der Waals surface area contributed by atoms with E-state index in [2.05, 4.69) is 0 Å². The Morgan fingerprint density at radius 2 is 1.74 bits per heavy atom. The molecule has 0 spiro atoms. The molecule has 27 heavy (non-hydrogen) atoms. The minimum Gasteiger partial charge on any atom is -0.494 e. The van der Waals surface area contributed by atoms with E-state index < -0.39 is 0 Å². The summed E-state index contributed by atoms with van der Waals surface area (Å²) in [4.78, 5) is 16.8. The molecule has 2 aromatic carbocycles. The molecule has 5 heteroatoms. The highest BCUT2D eigenvalue weighted by Gasteiger charge is 2.24. The predicted molar refractivity (Wildman–Crippen MR) is 110 cm³/mol. The maximum atomic E-state index is 12.9. The SMILES string of the molecule is Nc1cccc(OCCCCCN2CCCCN(c3ccccc3)C2=O)c1. The van der Waals surface area contributed by atoms with Crippen molar-refractivity contribution in [2.75, 3.05) is 36.9 Å². The van der Waals surface area contributed by atoms with Gasteiger partial charge in [-0.2, -0.15) is 0 Å². The zero-order chi connectivity index (χ0) is 18.9. The zero-order valence-corrected chi connectivity index (χ0v) is 15.8. The third-order valence-electron chi connectivity index (χ3n) is 4.83. The Hall–Kier alpha value is -2.69. The van der Waals surface area contributed by atoms with Crippen LogP contribution >= 0.6 is 0 Å². The number of anilines is 2. The lowest BCUT2D eigenvalue weighted by molar-refractivity contribution is 0.206. The molecular formula is C22H29N3O2. The van der Waals surface area contributed by atoms with Crippen molar-refractivity contribution in [3.05, 3.63) is 54.6 Å². The predicted octanol–water partition coefficient (Wildman–Crippen LogP) is 4.54. The molecule has 0 bridgehead atoms. The topological polar surface area (TPSA) is 58.8 Å². The number of urea groups is 1. The summed E-state index contributed by atoms with van der Waals surface area (Å²) >= 11 is 0. The minimum atomic E-state index is 0.134.